The van der Waals surface area contributed by atoms with Crippen molar-refractivity contribution >= 4 is 11.4 Å². The fourth-order valence-electron chi connectivity index (χ4n) is 1.62. The van der Waals surface area contributed by atoms with Crippen LogP contribution in [0.4, 0.5) is 0 Å². The van der Waals surface area contributed by atoms with Gasteiger partial charge in [-0.2, -0.15) is 10.2 Å². The summed E-state index contributed by atoms with van der Waals surface area (Å²) in [6.07, 6.45) is 1.54. The zero-order valence-electron chi connectivity index (χ0n) is 13.1. The largest absolute Gasteiger partial charge is 0.378 e. The lowest BCUT2D eigenvalue weighted by Crippen LogP contribution is -2.26. The first kappa shape index (κ1) is 17.3. The van der Waals surface area contributed by atoms with E-state index in [2.05, 4.69) is 10.2 Å². The van der Waals surface area contributed by atoms with E-state index in [0.717, 1.165) is 24.3 Å². The Hall–Kier alpha value is -0.740. The van der Waals surface area contributed by atoms with E-state index in [-0.39, 0.29) is 11.2 Å². The van der Waals surface area contributed by atoms with Gasteiger partial charge in [-0.05, 0) is 41.5 Å². The maximum absolute atomic E-state index is 5.36. The van der Waals surface area contributed by atoms with Crippen LogP contribution in [0.5, 0.6) is 0 Å². The fraction of sp³-hybridized carbons (Fsp3) is 0.857. The first-order chi connectivity index (χ1) is 8.12. The second-order valence-corrected chi connectivity index (χ2v) is 5.95. The molecule has 0 saturated heterocycles. The van der Waals surface area contributed by atoms with Crippen LogP contribution in [0.3, 0.4) is 0 Å². The van der Waals surface area contributed by atoms with Gasteiger partial charge in [0.25, 0.3) is 0 Å². The molecule has 106 valence electrons. The lowest BCUT2D eigenvalue weighted by molar-refractivity contribution is 0.0285. The molecule has 0 amide bonds. The smallest absolute Gasteiger partial charge is 0.0675 e. The number of ether oxygens (including phenoxy) is 2. The predicted molar refractivity (Wildman–Crippen MR) is 77.6 cm³/mol. The monoisotopic (exact) mass is 256 g/mol. The summed E-state index contributed by atoms with van der Waals surface area (Å²) in [5.74, 6) is 0. The van der Waals surface area contributed by atoms with E-state index in [1.165, 1.54) is 0 Å². The maximum Gasteiger partial charge on any atom is 0.0675 e. The van der Waals surface area contributed by atoms with E-state index in [4.69, 9.17) is 9.47 Å². The summed E-state index contributed by atoms with van der Waals surface area (Å²) in [5, 5.41) is 8.49. The molecule has 0 aromatic heterocycles. The summed E-state index contributed by atoms with van der Waals surface area (Å²) in [7, 11) is 3.42. The summed E-state index contributed by atoms with van der Waals surface area (Å²) >= 11 is 0. The molecule has 0 atom stereocenters. The average molecular weight is 256 g/mol. The van der Waals surface area contributed by atoms with E-state index < -0.39 is 0 Å². The Bertz CT molecular complexity index is 286. The Labute approximate surface area is 111 Å². The number of nitrogens with zero attached hydrogens (tertiary/aromatic N) is 2. The Balaban J connectivity index is 4.51. The van der Waals surface area contributed by atoms with E-state index in [0.29, 0.717) is 0 Å². The van der Waals surface area contributed by atoms with Gasteiger partial charge in [-0.3, -0.25) is 0 Å². The highest BCUT2D eigenvalue weighted by Crippen LogP contribution is 2.15. The summed E-state index contributed by atoms with van der Waals surface area (Å²) in [5.41, 5.74) is 1.55. The Morgan fingerprint density at radius 2 is 1.06 bits per heavy atom. The van der Waals surface area contributed by atoms with Gasteiger partial charge < -0.3 is 9.47 Å². The Kier molecular flexibility index (Phi) is 6.71. The van der Waals surface area contributed by atoms with Crippen LogP contribution in [0, 0.1) is 0 Å². The predicted octanol–water partition coefficient (Wildman–Crippen LogP) is 3.45. The molecule has 4 heteroatoms. The highest BCUT2D eigenvalue weighted by molar-refractivity contribution is 5.86. The molecule has 0 fully saturated rings. The molecule has 0 aromatic rings. The lowest BCUT2D eigenvalue weighted by atomic mass is 10.0. The van der Waals surface area contributed by atoms with Gasteiger partial charge in [-0.25, -0.2) is 0 Å². The van der Waals surface area contributed by atoms with Gasteiger partial charge in [0.2, 0.25) is 0 Å². The van der Waals surface area contributed by atoms with Crippen molar-refractivity contribution in [2.24, 2.45) is 10.2 Å². The topological polar surface area (TPSA) is 43.2 Å². The van der Waals surface area contributed by atoms with Crippen molar-refractivity contribution in [3.63, 3.8) is 0 Å². The molecular formula is C14H28N2O2. The van der Waals surface area contributed by atoms with Crippen LogP contribution >= 0.6 is 0 Å². The van der Waals surface area contributed by atoms with Gasteiger partial charge in [-0.15, -0.1) is 0 Å². The fourth-order valence-corrected chi connectivity index (χ4v) is 1.62. The normalized spacial score (nSPS) is 15.1. The van der Waals surface area contributed by atoms with Crippen LogP contribution in [-0.2, 0) is 9.47 Å². The molecule has 0 rings (SSSR count). The van der Waals surface area contributed by atoms with Gasteiger partial charge in [0.1, 0.15) is 0 Å². The van der Waals surface area contributed by atoms with E-state index >= 15 is 0 Å². The third kappa shape index (κ3) is 7.56. The van der Waals surface area contributed by atoms with Crippen molar-refractivity contribution in [3.8, 4) is 0 Å². The molecule has 0 aliphatic heterocycles. The van der Waals surface area contributed by atoms with Crippen molar-refractivity contribution in [2.75, 3.05) is 14.2 Å². The van der Waals surface area contributed by atoms with Crippen LogP contribution in [0.15, 0.2) is 10.2 Å². The minimum absolute atomic E-state index is 0.192. The summed E-state index contributed by atoms with van der Waals surface area (Å²) in [6, 6.07) is 0. The van der Waals surface area contributed by atoms with Crippen molar-refractivity contribution in [2.45, 2.75) is 65.6 Å². The van der Waals surface area contributed by atoms with Gasteiger partial charge in [0.15, 0.2) is 0 Å². The lowest BCUT2D eigenvalue weighted by Gasteiger charge is -2.22. The second-order valence-electron chi connectivity index (χ2n) is 5.95. The molecule has 0 aliphatic rings. The van der Waals surface area contributed by atoms with Gasteiger partial charge in [0, 0.05) is 38.5 Å². The summed E-state index contributed by atoms with van der Waals surface area (Å²) in [4.78, 5) is 0. The number of hydrogen-bond acceptors (Lipinski definition) is 4. The molecule has 0 saturated carbocycles. The molecule has 0 aromatic carbocycles. The number of rotatable bonds is 7. The third-order valence-electron chi connectivity index (χ3n) is 2.86. The molecule has 0 unspecified atom stereocenters. The number of methoxy groups -OCH3 is 2. The average Bonchev–Trinajstić information content (AvgIpc) is 2.25. The maximum atomic E-state index is 5.36. The van der Waals surface area contributed by atoms with Crippen molar-refractivity contribution in [1.29, 1.82) is 0 Å². The zero-order chi connectivity index (χ0) is 14.4. The molecule has 4 nitrogen and oxygen atoms in total. The van der Waals surface area contributed by atoms with Crippen LogP contribution in [-0.4, -0.2) is 36.8 Å². The highest BCUT2D eigenvalue weighted by Gasteiger charge is 2.18. The highest BCUT2D eigenvalue weighted by atomic mass is 16.5. The third-order valence-corrected chi connectivity index (χ3v) is 2.86. The first-order valence-corrected chi connectivity index (χ1v) is 6.29. The van der Waals surface area contributed by atoms with Crippen LogP contribution < -0.4 is 0 Å². The van der Waals surface area contributed by atoms with E-state index in [1.807, 2.05) is 41.5 Å². The van der Waals surface area contributed by atoms with Gasteiger partial charge in [-0.1, -0.05) is 0 Å². The SMILES string of the molecule is COC(C)(C)C/C(C)=N/N=C(\C)CC(C)(C)OC. The minimum Gasteiger partial charge on any atom is -0.378 e. The molecule has 0 radical (unpaired) electrons. The Morgan fingerprint density at radius 3 is 1.28 bits per heavy atom. The van der Waals surface area contributed by atoms with E-state index in [1.54, 1.807) is 14.2 Å². The molecule has 0 aliphatic carbocycles. The number of hydrogen-bond donors (Lipinski definition) is 0. The quantitative estimate of drug-likeness (QED) is 0.517. The molecule has 0 heterocycles. The van der Waals surface area contributed by atoms with Crippen molar-refractivity contribution in [1.82, 2.24) is 0 Å². The first-order valence-electron chi connectivity index (χ1n) is 6.29. The van der Waals surface area contributed by atoms with Crippen LogP contribution in [0.25, 0.3) is 0 Å². The van der Waals surface area contributed by atoms with Crippen molar-refractivity contribution in [3.05, 3.63) is 0 Å². The zero-order valence-corrected chi connectivity index (χ0v) is 13.1. The Morgan fingerprint density at radius 1 is 0.778 bits per heavy atom. The van der Waals surface area contributed by atoms with Gasteiger partial charge >= 0.3 is 0 Å². The summed E-state index contributed by atoms with van der Waals surface area (Å²) in [6.45, 7) is 12.1. The molecule has 0 N–H and O–H groups in total. The standard InChI is InChI=1S/C14H28N2O2/c1-11(9-13(3,4)17-7)15-16-12(2)10-14(5,6)18-8/h9-10H2,1-8H3/b15-11+,16-12+. The van der Waals surface area contributed by atoms with Crippen molar-refractivity contribution < 1.29 is 9.47 Å². The van der Waals surface area contributed by atoms with E-state index in [9.17, 15) is 0 Å². The molecule has 18 heavy (non-hydrogen) atoms. The minimum atomic E-state index is -0.192. The molecule has 0 spiro atoms. The van der Waals surface area contributed by atoms with Crippen LogP contribution in [0.1, 0.15) is 54.4 Å². The summed E-state index contributed by atoms with van der Waals surface area (Å²) < 4.78 is 10.7. The molecule has 0 bridgehead atoms. The second kappa shape index (κ2) is 7.00. The van der Waals surface area contributed by atoms with Gasteiger partial charge in [0.05, 0.1) is 11.2 Å². The molecular weight excluding hydrogens is 228 g/mol. The van der Waals surface area contributed by atoms with Crippen LogP contribution in [0.2, 0.25) is 0 Å².